The summed E-state index contributed by atoms with van der Waals surface area (Å²) in [6.07, 6.45) is 14.3. The standard InChI is InChI=1S/C16H31NO/c1-2-3-4-5-8-15(17)14-9-12-18-16(13-14)10-6-7-11-16/h14-15H,2-13,17H2,1H3. The molecule has 1 aliphatic carbocycles. The number of rotatable bonds is 6. The van der Waals surface area contributed by atoms with Crippen molar-refractivity contribution >= 4 is 0 Å². The van der Waals surface area contributed by atoms with Gasteiger partial charge in [-0.2, -0.15) is 0 Å². The van der Waals surface area contributed by atoms with Gasteiger partial charge < -0.3 is 10.5 Å². The van der Waals surface area contributed by atoms with Gasteiger partial charge in [-0.05, 0) is 38.0 Å². The third-order valence-corrected chi connectivity index (χ3v) is 5.04. The molecule has 1 saturated heterocycles. The van der Waals surface area contributed by atoms with E-state index >= 15 is 0 Å². The van der Waals surface area contributed by atoms with Crippen LogP contribution in [0.25, 0.3) is 0 Å². The van der Waals surface area contributed by atoms with Crippen molar-refractivity contribution in [1.82, 2.24) is 0 Å². The largest absolute Gasteiger partial charge is 0.375 e. The molecule has 2 heteroatoms. The van der Waals surface area contributed by atoms with E-state index in [2.05, 4.69) is 6.92 Å². The molecule has 0 aromatic rings. The van der Waals surface area contributed by atoms with Crippen LogP contribution in [0.15, 0.2) is 0 Å². The lowest BCUT2D eigenvalue weighted by atomic mass is 9.79. The number of unbranched alkanes of at least 4 members (excludes halogenated alkanes) is 3. The van der Waals surface area contributed by atoms with Crippen LogP contribution in [-0.4, -0.2) is 18.2 Å². The maximum Gasteiger partial charge on any atom is 0.0685 e. The summed E-state index contributed by atoms with van der Waals surface area (Å²) in [5.41, 5.74) is 6.67. The third-order valence-electron chi connectivity index (χ3n) is 5.04. The first kappa shape index (κ1) is 14.3. The molecule has 106 valence electrons. The van der Waals surface area contributed by atoms with Gasteiger partial charge in [-0.15, -0.1) is 0 Å². The molecule has 0 aromatic carbocycles. The highest BCUT2D eigenvalue weighted by Gasteiger charge is 2.41. The number of hydrogen-bond acceptors (Lipinski definition) is 2. The van der Waals surface area contributed by atoms with E-state index in [-0.39, 0.29) is 5.60 Å². The van der Waals surface area contributed by atoms with Crippen molar-refractivity contribution < 1.29 is 4.74 Å². The maximum absolute atomic E-state index is 6.43. The topological polar surface area (TPSA) is 35.2 Å². The van der Waals surface area contributed by atoms with Gasteiger partial charge in [0, 0.05) is 12.6 Å². The van der Waals surface area contributed by atoms with Gasteiger partial charge in [0.1, 0.15) is 0 Å². The molecule has 0 aromatic heterocycles. The highest BCUT2D eigenvalue weighted by atomic mass is 16.5. The Hall–Kier alpha value is -0.0800. The van der Waals surface area contributed by atoms with E-state index in [4.69, 9.17) is 10.5 Å². The summed E-state index contributed by atoms with van der Waals surface area (Å²) in [5.74, 6) is 0.721. The molecule has 1 heterocycles. The van der Waals surface area contributed by atoms with E-state index in [9.17, 15) is 0 Å². The summed E-state index contributed by atoms with van der Waals surface area (Å²) in [5, 5.41) is 0. The molecule has 2 aliphatic rings. The second kappa shape index (κ2) is 6.91. The lowest BCUT2D eigenvalue weighted by molar-refractivity contribution is -0.0965. The number of ether oxygens (including phenoxy) is 1. The zero-order valence-corrected chi connectivity index (χ0v) is 12.1. The van der Waals surface area contributed by atoms with E-state index < -0.39 is 0 Å². The SMILES string of the molecule is CCCCCCC(N)C1CCOC2(CCCC2)C1. The monoisotopic (exact) mass is 253 g/mol. The molecule has 18 heavy (non-hydrogen) atoms. The second-order valence-corrected chi connectivity index (χ2v) is 6.50. The minimum atomic E-state index is 0.240. The fraction of sp³-hybridized carbons (Fsp3) is 1.00. The molecular weight excluding hydrogens is 222 g/mol. The quantitative estimate of drug-likeness (QED) is 0.726. The third kappa shape index (κ3) is 3.71. The smallest absolute Gasteiger partial charge is 0.0685 e. The van der Waals surface area contributed by atoms with Crippen LogP contribution in [-0.2, 0) is 4.74 Å². The van der Waals surface area contributed by atoms with Crippen molar-refractivity contribution in [2.24, 2.45) is 11.7 Å². The van der Waals surface area contributed by atoms with Gasteiger partial charge in [0.2, 0.25) is 0 Å². The molecule has 2 fully saturated rings. The Bertz CT molecular complexity index is 235. The van der Waals surface area contributed by atoms with E-state index in [1.807, 2.05) is 0 Å². The van der Waals surface area contributed by atoms with Crippen molar-refractivity contribution in [1.29, 1.82) is 0 Å². The molecule has 2 unspecified atom stereocenters. The van der Waals surface area contributed by atoms with Gasteiger partial charge >= 0.3 is 0 Å². The highest BCUT2D eigenvalue weighted by molar-refractivity contribution is 4.93. The van der Waals surface area contributed by atoms with Gasteiger partial charge in [-0.25, -0.2) is 0 Å². The minimum Gasteiger partial charge on any atom is -0.375 e. The summed E-state index contributed by atoms with van der Waals surface area (Å²) in [6.45, 7) is 3.22. The Morgan fingerprint density at radius 2 is 2.00 bits per heavy atom. The molecular formula is C16H31NO. The summed E-state index contributed by atoms with van der Waals surface area (Å²) < 4.78 is 6.09. The Labute approximate surface area is 113 Å². The van der Waals surface area contributed by atoms with Crippen LogP contribution >= 0.6 is 0 Å². The van der Waals surface area contributed by atoms with Gasteiger partial charge in [-0.1, -0.05) is 45.4 Å². The number of nitrogens with two attached hydrogens (primary N) is 1. The average Bonchev–Trinajstić information content (AvgIpc) is 2.82. The first-order valence-corrected chi connectivity index (χ1v) is 8.15. The fourth-order valence-electron chi connectivity index (χ4n) is 3.84. The molecule has 2 atom stereocenters. The first-order chi connectivity index (χ1) is 8.76. The van der Waals surface area contributed by atoms with Gasteiger partial charge in [0.15, 0.2) is 0 Å². The van der Waals surface area contributed by atoms with Crippen LogP contribution in [0.3, 0.4) is 0 Å². The molecule has 0 amide bonds. The van der Waals surface area contributed by atoms with E-state index in [0.717, 1.165) is 12.5 Å². The average molecular weight is 253 g/mol. The van der Waals surface area contributed by atoms with E-state index in [0.29, 0.717) is 6.04 Å². The van der Waals surface area contributed by atoms with Crippen LogP contribution in [0.1, 0.15) is 77.6 Å². The summed E-state index contributed by atoms with van der Waals surface area (Å²) >= 11 is 0. The first-order valence-electron chi connectivity index (χ1n) is 8.15. The van der Waals surface area contributed by atoms with Crippen molar-refractivity contribution in [3.63, 3.8) is 0 Å². The maximum atomic E-state index is 6.43. The van der Waals surface area contributed by atoms with Crippen molar-refractivity contribution in [2.45, 2.75) is 89.2 Å². The highest BCUT2D eigenvalue weighted by Crippen LogP contribution is 2.43. The van der Waals surface area contributed by atoms with Crippen LogP contribution in [0, 0.1) is 5.92 Å². The van der Waals surface area contributed by atoms with Crippen LogP contribution in [0.5, 0.6) is 0 Å². The Balaban J connectivity index is 1.74. The Morgan fingerprint density at radius 3 is 2.72 bits per heavy atom. The Morgan fingerprint density at radius 1 is 1.22 bits per heavy atom. The predicted octanol–water partition coefficient (Wildman–Crippen LogP) is 4.02. The lowest BCUT2D eigenvalue weighted by Gasteiger charge is -2.40. The van der Waals surface area contributed by atoms with Crippen molar-refractivity contribution in [3.05, 3.63) is 0 Å². The van der Waals surface area contributed by atoms with Gasteiger partial charge in [0.25, 0.3) is 0 Å². The Kier molecular flexibility index (Phi) is 5.50. The summed E-state index contributed by atoms with van der Waals surface area (Å²) in [4.78, 5) is 0. The van der Waals surface area contributed by atoms with E-state index in [1.165, 1.54) is 70.6 Å². The second-order valence-electron chi connectivity index (χ2n) is 6.50. The normalized spacial score (nSPS) is 28.7. The van der Waals surface area contributed by atoms with E-state index in [1.54, 1.807) is 0 Å². The predicted molar refractivity (Wildman–Crippen MR) is 76.6 cm³/mol. The van der Waals surface area contributed by atoms with Gasteiger partial charge in [-0.3, -0.25) is 0 Å². The molecule has 2 rings (SSSR count). The molecule has 1 spiro atoms. The molecule has 2 nitrogen and oxygen atoms in total. The van der Waals surface area contributed by atoms with Crippen molar-refractivity contribution in [3.8, 4) is 0 Å². The summed E-state index contributed by atoms with van der Waals surface area (Å²) in [7, 11) is 0. The molecule has 1 aliphatic heterocycles. The minimum absolute atomic E-state index is 0.240. The molecule has 0 bridgehead atoms. The zero-order chi connectivity index (χ0) is 12.8. The molecule has 1 saturated carbocycles. The van der Waals surface area contributed by atoms with Crippen LogP contribution in [0.2, 0.25) is 0 Å². The number of hydrogen-bond donors (Lipinski definition) is 1. The summed E-state index contributed by atoms with van der Waals surface area (Å²) in [6, 6.07) is 0.420. The lowest BCUT2D eigenvalue weighted by Crippen LogP contribution is -2.43. The molecule has 2 N–H and O–H groups in total. The van der Waals surface area contributed by atoms with Crippen LogP contribution in [0.4, 0.5) is 0 Å². The fourth-order valence-corrected chi connectivity index (χ4v) is 3.84. The van der Waals surface area contributed by atoms with Gasteiger partial charge in [0.05, 0.1) is 5.60 Å². The molecule has 0 radical (unpaired) electrons. The van der Waals surface area contributed by atoms with Crippen LogP contribution < -0.4 is 5.73 Å². The van der Waals surface area contributed by atoms with Crippen molar-refractivity contribution in [2.75, 3.05) is 6.61 Å². The zero-order valence-electron chi connectivity index (χ0n) is 12.1.